The fraction of sp³-hybridized carbons (Fsp3) is 0.562. The Hall–Kier alpha value is -1.33. The van der Waals surface area contributed by atoms with Gasteiger partial charge in [0.1, 0.15) is 5.54 Å². The molecule has 1 atom stereocenters. The van der Waals surface area contributed by atoms with Crippen LogP contribution in [0.2, 0.25) is 0 Å². The highest BCUT2D eigenvalue weighted by Gasteiger charge is 2.22. The fourth-order valence-electron chi connectivity index (χ4n) is 1.74. The molecule has 0 N–H and O–H groups in total. The van der Waals surface area contributed by atoms with Crippen molar-refractivity contribution in [2.24, 2.45) is 0 Å². The van der Waals surface area contributed by atoms with Crippen molar-refractivity contribution in [1.82, 2.24) is 4.90 Å². The predicted octanol–water partition coefficient (Wildman–Crippen LogP) is 3.93. The first kappa shape index (κ1) is 14.7. The number of rotatable bonds is 5. The third-order valence-electron chi connectivity index (χ3n) is 3.81. The Morgan fingerprint density at radius 3 is 2.28 bits per heavy atom. The smallest absolute Gasteiger partial charge is 0.103 e. The molecule has 0 saturated carbocycles. The number of hydrogen-bond acceptors (Lipinski definition) is 2. The van der Waals surface area contributed by atoms with E-state index in [-0.39, 0.29) is 0 Å². The van der Waals surface area contributed by atoms with Crippen molar-refractivity contribution in [3.8, 4) is 6.07 Å². The van der Waals surface area contributed by atoms with Crippen molar-refractivity contribution in [2.75, 3.05) is 7.05 Å². The van der Waals surface area contributed by atoms with Crippen LogP contribution in [0.15, 0.2) is 24.3 Å². The molecule has 1 rings (SSSR count). The fourth-order valence-corrected chi connectivity index (χ4v) is 1.74. The van der Waals surface area contributed by atoms with E-state index in [1.807, 2.05) is 20.9 Å². The van der Waals surface area contributed by atoms with Crippen molar-refractivity contribution in [1.29, 1.82) is 5.26 Å². The van der Waals surface area contributed by atoms with Gasteiger partial charge < -0.3 is 0 Å². The van der Waals surface area contributed by atoms with E-state index < -0.39 is 5.54 Å². The molecule has 0 saturated heterocycles. The standard InChI is InChI=1S/C16H24N2/c1-6-13(2)15-9-7-14(8-10-15)11-18(5)16(3,4)12-17/h7-10,13H,6,11H2,1-5H3. The van der Waals surface area contributed by atoms with Crippen LogP contribution in [0.25, 0.3) is 0 Å². The van der Waals surface area contributed by atoms with Gasteiger partial charge in [-0.1, -0.05) is 38.1 Å². The van der Waals surface area contributed by atoms with E-state index in [0.717, 1.165) is 6.54 Å². The molecule has 18 heavy (non-hydrogen) atoms. The molecule has 0 heterocycles. The first-order chi connectivity index (χ1) is 8.40. The minimum absolute atomic E-state index is 0.421. The molecule has 0 amide bonds. The molecule has 2 heteroatoms. The summed E-state index contributed by atoms with van der Waals surface area (Å²) in [4.78, 5) is 2.07. The van der Waals surface area contributed by atoms with Gasteiger partial charge in [-0.05, 0) is 44.4 Å². The summed E-state index contributed by atoms with van der Waals surface area (Å²) < 4.78 is 0. The normalized spacial score (nSPS) is 13.4. The van der Waals surface area contributed by atoms with Crippen molar-refractivity contribution in [2.45, 2.75) is 52.1 Å². The van der Waals surface area contributed by atoms with E-state index >= 15 is 0 Å². The third-order valence-corrected chi connectivity index (χ3v) is 3.81. The van der Waals surface area contributed by atoms with E-state index in [9.17, 15) is 0 Å². The summed E-state index contributed by atoms with van der Waals surface area (Å²) in [6.45, 7) is 9.16. The summed E-state index contributed by atoms with van der Waals surface area (Å²) in [5.41, 5.74) is 2.23. The van der Waals surface area contributed by atoms with Gasteiger partial charge in [-0.3, -0.25) is 4.90 Å². The molecular formula is C16H24N2. The SMILES string of the molecule is CCC(C)c1ccc(CN(C)C(C)(C)C#N)cc1. The Kier molecular flexibility index (Phi) is 4.93. The van der Waals surface area contributed by atoms with E-state index in [1.165, 1.54) is 17.5 Å². The third kappa shape index (κ3) is 3.58. The highest BCUT2D eigenvalue weighted by molar-refractivity contribution is 5.25. The Balaban J connectivity index is 2.73. The average molecular weight is 244 g/mol. The maximum absolute atomic E-state index is 9.10. The van der Waals surface area contributed by atoms with Crippen LogP contribution >= 0.6 is 0 Å². The van der Waals surface area contributed by atoms with Gasteiger partial charge in [-0.2, -0.15) is 5.26 Å². The van der Waals surface area contributed by atoms with Crippen LogP contribution in [0, 0.1) is 11.3 Å². The second-order valence-corrected chi connectivity index (χ2v) is 5.58. The topological polar surface area (TPSA) is 27.0 Å². The zero-order chi connectivity index (χ0) is 13.8. The largest absolute Gasteiger partial charge is 0.285 e. The van der Waals surface area contributed by atoms with Gasteiger partial charge in [0.05, 0.1) is 6.07 Å². The summed E-state index contributed by atoms with van der Waals surface area (Å²) >= 11 is 0. The molecule has 0 bridgehead atoms. The van der Waals surface area contributed by atoms with Gasteiger partial charge in [0, 0.05) is 6.54 Å². The molecule has 1 aromatic rings. The molecule has 0 aliphatic carbocycles. The summed E-state index contributed by atoms with van der Waals surface area (Å²) in [5, 5.41) is 9.10. The number of nitriles is 1. The monoisotopic (exact) mass is 244 g/mol. The van der Waals surface area contributed by atoms with E-state index in [0.29, 0.717) is 5.92 Å². The second-order valence-electron chi connectivity index (χ2n) is 5.58. The molecule has 1 unspecified atom stereocenters. The van der Waals surface area contributed by atoms with Crippen LogP contribution in [-0.4, -0.2) is 17.5 Å². The summed E-state index contributed by atoms with van der Waals surface area (Å²) in [6, 6.07) is 11.1. The Bertz CT molecular complexity index is 412. The molecule has 0 spiro atoms. The van der Waals surface area contributed by atoms with Crippen LogP contribution in [0.5, 0.6) is 0 Å². The van der Waals surface area contributed by atoms with Gasteiger partial charge in [-0.15, -0.1) is 0 Å². The lowest BCUT2D eigenvalue weighted by molar-refractivity contribution is 0.203. The van der Waals surface area contributed by atoms with Crippen LogP contribution < -0.4 is 0 Å². The first-order valence-electron chi connectivity index (χ1n) is 6.62. The zero-order valence-corrected chi connectivity index (χ0v) is 12.2. The predicted molar refractivity (Wildman–Crippen MR) is 76.3 cm³/mol. The molecule has 1 aromatic carbocycles. The molecule has 0 aliphatic rings. The highest BCUT2D eigenvalue weighted by Crippen LogP contribution is 2.20. The Morgan fingerprint density at radius 1 is 1.28 bits per heavy atom. The van der Waals surface area contributed by atoms with Crippen LogP contribution in [0.1, 0.15) is 51.2 Å². The van der Waals surface area contributed by atoms with Crippen LogP contribution in [0.4, 0.5) is 0 Å². The molecule has 2 nitrogen and oxygen atoms in total. The number of benzene rings is 1. The van der Waals surface area contributed by atoms with Gasteiger partial charge in [0.2, 0.25) is 0 Å². The van der Waals surface area contributed by atoms with Crippen LogP contribution in [0.3, 0.4) is 0 Å². The van der Waals surface area contributed by atoms with Crippen molar-refractivity contribution < 1.29 is 0 Å². The minimum Gasteiger partial charge on any atom is -0.285 e. The lowest BCUT2D eigenvalue weighted by atomic mass is 9.97. The molecular weight excluding hydrogens is 220 g/mol. The van der Waals surface area contributed by atoms with E-state index in [4.69, 9.17) is 5.26 Å². The lowest BCUT2D eigenvalue weighted by Gasteiger charge is -2.29. The summed E-state index contributed by atoms with van der Waals surface area (Å²) in [6.07, 6.45) is 1.17. The molecule has 0 aromatic heterocycles. The Labute approximate surface area is 111 Å². The van der Waals surface area contributed by atoms with Crippen molar-refractivity contribution in [3.63, 3.8) is 0 Å². The quantitative estimate of drug-likeness (QED) is 0.784. The number of hydrogen-bond donors (Lipinski definition) is 0. The lowest BCUT2D eigenvalue weighted by Crippen LogP contribution is -2.38. The average Bonchev–Trinajstić information content (AvgIpc) is 2.38. The second kappa shape index (κ2) is 6.02. The highest BCUT2D eigenvalue weighted by atomic mass is 15.2. The van der Waals surface area contributed by atoms with Gasteiger partial charge in [0.25, 0.3) is 0 Å². The molecule has 0 fully saturated rings. The van der Waals surface area contributed by atoms with E-state index in [2.05, 4.69) is 49.1 Å². The maximum Gasteiger partial charge on any atom is 0.103 e. The molecule has 0 aliphatic heterocycles. The van der Waals surface area contributed by atoms with Gasteiger partial charge in [0.15, 0.2) is 0 Å². The minimum atomic E-state index is -0.421. The summed E-state index contributed by atoms with van der Waals surface area (Å²) in [7, 11) is 1.99. The van der Waals surface area contributed by atoms with Crippen molar-refractivity contribution >= 4 is 0 Å². The van der Waals surface area contributed by atoms with Crippen LogP contribution in [-0.2, 0) is 6.54 Å². The van der Waals surface area contributed by atoms with Gasteiger partial charge in [-0.25, -0.2) is 0 Å². The Morgan fingerprint density at radius 2 is 1.83 bits per heavy atom. The number of nitrogens with zero attached hydrogens (tertiary/aromatic N) is 2. The molecule has 0 radical (unpaired) electrons. The zero-order valence-electron chi connectivity index (χ0n) is 12.2. The first-order valence-corrected chi connectivity index (χ1v) is 6.62. The van der Waals surface area contributed by atoms with Crippen molar-refractivity contribution in [3.05, 3.63) is 35.4 Å². The van der Waals surface area contributed by atoms with E-state index in [1.54, 1.807) is 0 Å². The maximum atomic E-state index is 9.10. The van der Waals surface area contributed by atoms with Gasteiger partial charge >= 0.3 is 0 Å². The molecule has 98 valence electrons. The summed E-state index contributed by atoms with van der Waals surface area (Å²) in [5.74, 6) is 0.618.